The van der Waals surface area contributed by atoms with Gasteiger partial charge in [-0.1, -0.05) is 115 Å². The fraction of sp³-hybridized carbons (Fsp3) is 0.793. The van der Waals surface area contributed by atoms with Gasteiger partial charge < -0.3 is 14.8 Å². The summed E-state index contributed by atoms with van der Waals surface area (Å²) in [6.07, 6.45) is 19.4. The molecule has 0 unspecified atom stereocenters. The summed E-state index contributed by atoms with van der Waals surface area (Å²) in [6.45, 7) is 6.39. The van der Waals surface area contributed by atoms with Crippen molar-refractivity contribution >= 4 is 29.4 Å². The number of hydrogen-bond donors (Lipinski definition) is 1. The molecule has 0 saturated heterocycles. The highest BCUT2D eigenvalue weighted by atomic mass is 32.1. The molecule has 0 aliphatic rings. The minimum Gasteiger partial charge on any atom is -0.412 e. The van der Waals surface area contributed by atoms with Crippen LogP contribution in [-0.2, 0) is 27.4 Å². The number of alkyl carbamates (subject to hydrolysis) is 1. The zero-order valence-corrected chi connectivity index (χ0v) is 25.0. The number of amides is 3. The average molecular weight is 555 g/mol. The van der Waals surface area contributed by atoms with E-state index >= 15 is 0 Å². The van der Waals surface area contributed by atoms with Crippen LogP contribution in [0.2, 0.25) is 0 Å². The monoisotopic (exact) mass is 554 g/mol. The number of rotatable bonds is 22. The third kappa shape index (κ3) is 16.6. The Hall–Kier alpha value is -2.16. The highest BCUT2D eigenvalue weighted by molar-refractivity contribution is 7.07. The molecule has 1 heterocycles. The Bertz CT molecular complexity index is 771. The zero-order valence-electron chi connectivity index (χ0n) is 24.1. The van der Waals surface area contributed by atoms with Gasteiger partial charge in [-0.25, -0.2) is 14.5 Å². The van der Waals surface area contributed by atoms with Crippen molar-refractivity contribution in [1.29, 1.82) is 0 Å². The van der Waals surface area contributed by atoms with Crippen LogP contribution in [0, 0.1) is 0 Å². The first-order valence-electron chi connectivity index (χ1n) is 14.8. The molecule has 0 aliphatic heterocycles. The van der Waals surface area contributed by atoms with Crippen LogP contribution >= 0.6 is 11.3 Å². The molecule has 1 rings (SSSR count). The van der Waals surface area contributed by atoms with Crippen LogP contribution in [0.5, 0.6) is 0 Å². The molecule has 1 aromatic heterocycles. The molecule has 3 amide bonds. The maximum absolute atomic E-state index is 12.3. The molecule has 0 radical (unpaired) electrons. The second kappa shape index (κ2) is 22.8. The van der Waals surface area contributed by atoms with Crippen LogP contribution in [0.15, 0.2) is 10.9 Å². The van der Waals surface area contributed by atoms with Gasteiger partial charge in [-0.15, -0.1) is 0 Å². The highest BCUT2D eigenvalue weighted by Crippen LogP contribution is 2.13. The quantitative estimate of drug-likeness (QED) is 0.0911. The van der Waals surface area contributed by atoms with Crippen LogP contribution in [0.25, 0.3) is 0 Å². The molecule has 0 saturated carbocycles. The van der Waals surface area contributed by atoms with E-state index in [-0.39, 0.29) is 6.54 Å². The van der Waals surface area contributed by atoms with E-state index in [0.717, 1.165) is 30.0 Å². The van der Waals surface area contributed by atoms with E-state index in [1.165, 1.54) is 108 Å². The number of carbonyl (C=O) groups excluding carboxylic acids is 3. The molecule has 0 aliphatic carbocycles. The number of aromatic nitrogens is 1. The van der Waals surface area contributed by atoms with E-state index in [4.69, 9.17) is 9.47 Å². The van der Waals surface area contributed by atoms with Crippen molar-refractivity contribution in [3.8, 4) is 0 Å². The van der Waals surface area contributed by atoms with Crippen molar-refractivity contribution in [1.82, 2.24) is 10.2 Å². The van der Waals surface area contributed by atoms with Gasteiger partial charge in [0.1, 0.15) is 13.1 Å². The minimum atomic E-state index is -0.836. The minimum absolute atomic E-state index is 0.108. The molecule has 8 nitrogen and oxygen atoms in total. The maximum Gasteiger partial charge on any atom is 0.419 e. The second-order valence-electron chi connectivity index (χ2n) is 9.93. The summed E-state index contributed by atoms with van der Waals surface area (Å²) in [5.74, 6) is -0.434. The van der Waals surface area contributed by atoms with E-state index in [0.29, 0.717) is 6.54 Å². The maximum atomic E-state index is 12.3. The number of imide groups is 1. The van der Waals surface area contributed by atoms with E-state index in [1.807, 2.05) is 22.4 Å². The number of thiazole rings is 1. The van der Waals surface area contributed by atoms with E-state index in [9.17, 15) is 14.4 Å². The predicted molar refractivity (Wildman–Crippen MR) is 152 cm³/mol. The second-order valence-corrected chi connectivity index (χ2v) is 10.7. The van der Waals surface area contributed by atoms with Gasteiger partial charge in [0.25, 0.3) is 0 Å². The van der Waals surface area contributed by atoms with Gasteiger partial charge in [-0.3, -0.25) is 4.79 Å². The summed E-state index contributed by atoms with van der Waals surface area (Å²) >= 11 is 1.49. The molecule has 0 atom stereocenters. The summed E-state index contributed by atoms with van der Waals surface area (Å²) in [5.41, 5.74) is 2.76. The van der Waals surface area contributed by atoms with Gasteiger partial charge in [-0.2, -0.15) is 4.57 Å². The average Bonchev–Trinajstić information content (AvgIpc) is 3.36. The molecule has 9 heteroatoms. The summed E-state index contributed by atoms with van der Waals surface area (Å²) in [5, 5.41) is 4.56. The van der Waals surface area contributed by atoms with Gasteiger partial charge >= 0.3 is 12.2 Å². The Balaban J connectivity index is 1.96. The fourth-order valence-corrected chi connectivity index (χ4v) is 5.18. The molecule has 0 fully saturated rings. The van der Waals surface area contributed by atoms with Gasteiger partial charge in [0.05, 0.1) is 5.38 Å². The molecule has 38 heavy (non-hydrogen) atoms. The lowest BCUT2D eigenvalue weighted by atomic mass is 10.0. The third-order valence-electron chi connectivity index (χ3n) is 6.69. The van der Waals surface area contributed by atoms with Gasteiger partial charge in [0, 0.05) is 13.5 Å². The zero-order chi connectivity index (χ0) is 27.8. The normalized spacial score (nSPS) is 10.8. The Kier molecular flexibility index (Phi) is 20.3. The van der Waals surface area contributed by atoms with Crippen molar-refractivity contribution in [2.45, 2.75) is 137 Å². The van der Waals surface area contributed by atoms with Gasteiger partial charge in [-0.05, 0) is 13.3 Å². The lowest BCUT2D eigenvalue weighted by Crippen LogP contribution is -2.42. The van der Waals surface area contributed by atoms with Gasteiger partial charge in [0.2, 0.25) is 23.9 Å². The third-order valence-corrected chi connectivity index (χ3v) is 7.48. The molecule has 1 aromatic rings. The first-order chi connectivity index (χ1) is 18.5. The molecular weight excluding hydrogens is 502 g/mol. The molecule has 0 bridgehead atoms. The molecule has 0 spiro atoms. The number of ether oxygens (including phenoxy) is 2. The fourth-order valence-electron chi connectivity index (χ4n) is 4.32. The van der Waals surface area contributed by atoms with Crippen LogP contribution in [-0.4, -0.2) is 36.3 Å². The number of unbranched alkanes of at least 4 members (excludes halogenated alkanes) is 15. The largest absolute Gasteiger partial charge is 0.419 e. The lowest BCUT2D eigenvalue weighted by molar-refractivity contribution is -0.696. The highest BCUT2D eigenvalue weighted by Gasteiger charge is 2.25. The summed E-state index contributed by atoms with van der Waals surface area (Å²) < 4.78 is 11.8. The smallest absolute Gasteiger partial charge is 0.412 e. The van der Waals surface area contributed by atoms with Crippen molar-refractivity contribution in [2.75, 3.05) is 13.3 Å². The van der Waals surface area contributed by atoms with Crippen LogP contribution < -0.4 is 9.88 Å². The number of hydrogen-bond acceptors (Lipinski definition) is 6. The van der Waals surface area contributed by atoms with Crippen molar-refractivity contribution in [3.05, 3.63) is 16.6 Å². The SMILES string of the molecule is CCCCCCCCCCCCCCCCCCNC(=O)OCOC(=O)N(Cc1csc[n+]1CC)C(C)=O. The summed E-state index contributed by atoms with van der Waals surface area (Å²) in [4.78, 5) is 37.0. The number of aryl methyl sites for hydroxylation is 1. The predicted octanol–water partition coefficient (Wildman–Crippen LogP) is 7.49. The first kappa shape index (κ1) is 33.9. The van der Waals surface area contributed by atoms with Crippen LogP contribution in [0.4, 0.5) is 9.59 Å². The summed E-state index contributed by atoms with van der Waals surface area (Å²) in [6, 6.07) is 0. The van der Waals surface area contributed by atoms with Crippen molar-refractivity contribution in [3.63, 3.8) is 0 Å². The van der Waals surface area contributed by atoms with E-state index in [2.05, 4.69) is 12.2 Å². The lowest BCUT2D eigenvalue weighted by Gasteiger charge is -2.17. The molecule has 218 valence electrons. The number of carbonyl (C=O) groups is 3. The van der Waals surface area contributed by atoms with E-state index < -0.39 is 24.9 Å². The first-order valence-corrected chi connectivity index (χ1v) is 15.7. The standard InChI is InChI=1S/C29H51N3O5S/c1-4-6-7-8-9-10-11-12-13-14-15-16-17-18-19-20-21-30-28(34)36-25-37-29(35)32(26(3)33)22-27-23-38-24-31(27)5-2/h23-24H,4-22,25H2,1-3H3/p+1. The topological polar surface area (TPSA) is 88.8 Å². The number of nitrogens with zero attached hydrogens (tertiary/aromatic N) is 2. The Morgan fingerprint density at radius 3 is 1.84 bits per heavy atom. The Morgan fingerprint density at radius 2 is 1.34 bits per heavy atom. The van der Waals surface area contributed by atoms with Crippen molar-refractivity contribution in [2.24, 2.45) is 0 Å². The summed E-state index contributed by atoms with van der Waals surface area (Å²) in [7, 11) is 0. The molecular formula is C29H52N3O5S+. The van der Waals surface area contributed by atoms with Crippen molar-refractivity contribution < 1.29 is 28.4 Å². The molecule has 1 N–H and O–H groups in total. The Morgan fingerprint density at radius 1 is 0.816 bits per heavy atom. The van der Waals surface area contributed by atoms with Gasteiger partial charge in [0.15, 0.2) is 0 Å². The van der Waals surface area contributed by atoms with E-state index in [1.54, 1.807) is 0 Å². The number of nitrogens with one attached hydrogen (secondary N) is 1. The Labute approximate surface area is 234 Å². The molecule has 0 aromatic carbocycles. The van der Waals surface area contributed by atoms with Crippen LogP contribution in [0.1, 0.15) is 129 Å². The van der Waals surface area contributed by atoms with Crippen LogP contribution in [0.3, 0.4) is 0 Å².